The lowest BCUT2D eigenvalue weighted by molar-refractivity contribution is -0.162. The molecule has 0 unspecified atom stereocenters. The molecule has 0 aromatic carbocycles. The molecule has 0 radical (unpaired) electrons. The number of aldehydes is 1. The molecule has 0 saturated carbocycles. The fourth-order valence-corrected chi connectivity index (χ4v) is 1.42. The molecule has 0 aliphatic carbocycles. The van der Waals surface area contributed by atoms with Gasteiger partial charge in [-0.15, -0.1) is 0 Å². The van der Waals surface area contributed by atoms with Crippen molar-refractivity contribution in [1.29, 1.82) is 0 Å². The van der Waals surface area contributed by atoms with Gasteiger partial charge >= 0.3 is 0 Å². The van der Waals surface area contributed by atoms with E-state index in [1.54, 1.807) is 27.7 Å². The number of carbonyl (C=O) groups excluding carboxylic acids is 1. The molecule has 14 heavy (non-hydrogen) atoms. The summed E-state index contributed by atoms with van der Waals surface area (Å²) in [5, 5.41) is 9.87. The van der Waals surface area contributed by atoms with Crippen LogP contribution in [0.5, 0.6) is 0 Å². The number of carbonyl (C=O) groups is 1. The van der Waals surface area contributed by atoms with Gasteiger partial charge in [-0.1, -0.05) is 13.8 Å². The Morgan fingerprint density at radius 2 is 2.14 bits per heavy atom. The molecule has 82 valence electrons. The molecule has 1 rings (SSSR count). The number of ether oxygens (including phenoxy) is 2. The summed E-state index contributed by atoms with van der Waals surface area (Å²) in [6.07, 6.45) is -0.515. The van der Waals surface area contributed by atoms with E-state index >= 15 is 0 Å². The number of aliphatic hydroxyl groups excluding tert-OH is 1. The Morgan fingerprint density at radius 3 is 2.50 bits per heavy atom. The fraction of sp³-hybridized carbons (Fsp3) is 0.900. The zero-order chi connectivity index (χ0) is 11.0. The van der Waals surface area contributed by atoms with Crippen LogP contribution in [0.2, 0.25) is 0 Å². The standard InChI is InChI=1S/C10H18O4/c1-9(2,6-11)8(12)7-5-13-10(3,4)14-7/h6-8,12H,5H2,1-4H3/t7-,8+/m1/s1. The minimum absolute atomic E-state index is 0.325. The Balaban J connectivity index is 2.64. The molecule has 0 bridgehead atoms. The van der Waals surface area contributed by atoms with Crippen LogP contribution in [0.3, 0.4) is 0 Å². The first-order valence-electron chi connectivity index (χ1n) is 4.75. The highest BCUT2D eigenvalue weighted by atomic mass is 16.7. The Bertz CT molecular complexity index is 222. The van der Waals surface area contributed by atoms with Gasteiger partial charge in [0.1, 0.15) is 12.4 Å². The maximum Gasteiger partial charge on any atom is 0.163 e. The SMILES string of the molecule is CC1(C)OC[C@H]([C@H](O)C(C)(C)C=O)O1. The van der Waals surface area contributed by atoms with Crippen molar-refractivity contribution in [3.8, 4) is 0 Å². The van der Waals surface area contributed by atoms with Crippen LogP contribution >= 0.6 is 0 Å². The Hall–Kier alpha value is -0.450. The lowest BCUT2D eigenvalue weighted by Crippen LogP contribution is -2.42. The van der Waals surface area contributed by atoms with Gasteiger partial charge < -0.3 is 19.4 Å². The van der Waals surface area contributed by atoms with Crippen LogP contribution in [0.4, 0.5) is 0 Å². The molecule has 1 heterocycles. The highest BCUT2D eigenvalue weighted by Gasteiger charge is 2.42. The van der Waals surface area contributed by atoms with E-state index in [0.717, 1.165) is 6.29 Å². The zero-order valence-electron chi connectivity index (χ0n) is 9.11. The second-order valence-corrected chi connectivity index (χ2v) is 4.75. The lowest BCUT2D eigenvalue weighted by Gasteiger charge is -2.28. The average molecular weight is 202 g/mol. The molecular weight excluding hydrogens is 184 g/mol. The highest BCUT2D eigenvalue weighted by molar-refractivity contribution is 5.59. The maximum atomic E-state index is 10.7. The van der Waals surface area contributed by atoms with Crippen LogP contribution in [-0.4, -0.2) is 36.0 Å². The van der Waals surface area contributed by atoms with Crippen molar-refractivity contribution in [2.75, 3.05) is 6.61 Å². The van der Waals surface area contributed by atoms with E-state index < -0.39 is 23.4 Å². The van der Waals surface area contributed by atoms with Crippen LogP contribution in [0, 0.1) is 5.41 Å². The van der Waals surface area contributed by atoms with Crippen LogP contribution in [0.25, 0.3) is 0 Å². The molecule has 0 aromatic heterocycles. The van der Waals surface area contributed by atoms with E-state index in [-0.39, 0.29) is 0 Å². The van der Waals surface area contributed by atoms with Crippen molar-refractivity contribution in [3.05, 3.63) is 0 Å². The molecule has 1 aliphatic heterocycles. The first kappa shape index (κ1) is 11.6. The summed E-state index contributed by atoms with van der Waals surface area (Å²) in [4.78, 5) is 10.7. The van der Waals surface area contributed by atoms with Crippen LogP contribution < -0.4 is 0 Å². The van der Waals surface area contributed by atoms with E-state index in [9.17, 15) is 9.90 Å². The molecule has 4 heteroatoms. The van der Waals surface area contributed by atoms with Gasteiger partial charge in [-0.3, -0.25) is 0 Å². The summed E-state index contributed by atoms with van der Waals surface area (Å²) in [5.74, 6) is -0.662. The summed E-state index contributed by atoms with van der Waals surface area (Å²) in [7, 11) is 0. The third-order valence-corrected chi connectivity index (χ3v) is 2.45. The summed E-state index contributed by atoms with van der Waals surface area (Å²) in [5.41, 5.74) is -0.797. The van der Waals surface area contributed by atoms with Gasteiger partial charge in [0, 0.05) is 5.41 Å². The van der Waals surface area contributed by atoms with Crippen molar-refractivity contribution in [3.63, 3.8) is 0 Å². The normalized spacial score (nSPS) is 28.8. The summed E-state index contributed by atoms with van der Waals surface area (Å²) in [6, 6.07) is 0. The molecule has 1 fully saturated rings. The number of rotatable bonds is 3. The molecule has 0 aromatic rings. The van der Waals surface area contributed by atoms with Crippen molar-refractivity contribution >= 4 is 6.29 Å². The van der Waals surface area contributed by atoms with Gasteiger partial charge in [-0.05, 0) is 13.8 Å². The second-order valence-electron chi connectivity index (χ2n) is 4.75. The van der Waals surface area contributed by atoms with Crippen molar-refractivity contribution < 1.29 is 19.4 Å². The van der Waals surface area contributed by atoms with Gasteiger partial charge in [0.2, 0.25) is 0 Å². The Labute approximate surface area is 84.2 Å². The predicted molar refractivity (Wildman–Crippen MR) is 50.8 cm³/mol. The van der Waals surface area contributed by atoms with Gasteiger partial charge in [-0.2, -0.15) is 0 Å². The van der Waals surface area contributed by atoms with Crippen LogP contribution in [-0.2, 0) is 14.3 Å². The first-order chi connectivity index (χ1) is 6.28. The highest BCUT2D eigenvalue weighted by Crippen LogP contribution is 2.30. The van der Waals surface area contributed by atoms with Gasteiger partial charge in [0.25, 0.3) is 0 Å². The third-order valence-electron chi connectivity index (χ3n) is 2.45. The van der Waals surface area contributed by atoms with Crippen molar-refractivity contribution in [2.24, 2.45) is 5.41 Å². The lowest BCUT2D eigenvalue weighted by atomic mass is 9.85. The van der Waals surface area contributed by atoms with Crippen LogP contribution in [0.15, 0.2) is 0 Å². The number of aliphatic hydroxyl groups is 1. The maximum absolute atomic E-state index is 10.7. The first-order valence-corrected chi connectivity index (χ1v) is 4.75. The fourth-order valence-electron chi connectivity index (χ4n) is 1.42. The third kappa shape index (κ3) is 2.32. The molecule has 2 atom stereocenters. The minimum atomic E-state index is -0.832. The number of hydrogen-bond acceptors (Lipinski definition) is 4. The van der Waals surface area contributed by atoms with Crippen molar-refractivity contribution in [1.82, 2.24) is 0 Å². The van der Waals surface area contributed by atoms with Gasteiger partial charge in [0.15, 0.2) is 5.79 Å². The summed E-state index contributed by atoms with van der Waals surface area (Å²) >= 11 is 0. The van der Waals surface area contributed by atoms with E-state index in [4.69, 9.17) is 9.47 Å². The van der Waals surface area contributed by atoms with E-state index in [2.05, 4.69) is 0 Å². The quantitative estimate of drug-likeness (QED) is 0.685. The molecule has 1 saturated heterocycles. The predicted octanol–water partition coefficient (Wildman–Crippen LogP) is 0.724. The largest absolute Gasteiger partial charge is 0.389 e. The molecule has 0 amide bonds. The monoisotopic (exact) mass is 202 g/mol. The van der Waals surface area contributed by atoms with E-state index in [1.165, 1.54) is 0 Å². The minimum Gasteiger partial charge on any atom is -0.389 e. The average Bonchev–Trinajstić information content (AvgIpc) is 2.44. The number of hydrogen-bond donors (Lipinski definition) is 1. The Kier molecular flexibility index (Phi) is 2.99. The smallest absolute Gasteiger partial charge is 0.163 e. The summed E-state index contributed by atoms with van der Waals surface area (Å²) < 4.78 is 10.8. The molecule has 1 N–H and O–H groups in total. The summed E-state index contributed by atoms with van der Waals surface area (Å²) in [6.45, 7) is 7.26. The van der Waals surface area contributed by atoms with Crippen molar-refractivity contribution in [2.45, 2.75) is 45.7 Å². The van der Waals surface area contributed by atoms with E-state index in [1.807, 2.05) is 0 Å². The molecule has 0 spiro atoms. The second kappa shape index (κ2) is 3.61. The van der Waals surface area contributed by atoms with Gasteiger partial charge in [-0.25, -0.2) is 0 Å². The topological polar surface area (TPSA) is 55.8 Å². The van der Waals surface area contributed by atoms with Gasteiger partial charge in [0.05, 0.1) is 12.7 Å². The zero-order valence-corrected chi connectivity index (χ0v) is 9.11. The van der Waals surface area contributed by atoms with Crippen LogP contribution in [0.1, 0.15) is 27.7 Å². The molecule has 4 nitrogen and oxygen atoms in total. The Morgan fingerprint density at radius 1 is 1.57 bits per heavy atom. The van der Waals surface area contributed by atoms with E-state index in [0.29, 0.717) is 6.61 Å². The molecule has 1 aliphatic rings. The molecular formula is C10H18O4.